The lowest BCUT2D eigenvalue weighted by Crippen LogP contribution is -2.04. The summed E-state index contributed by atoms with van der Waals surface area (Å²) in [6, 6.07) is 10.3. The summed E-state index contributed by atoms with van der Waals surface area (Å²) in [5.41, 5.74) is 1.12. The van der Waals surface area contributed by atoms with Crippen molar-refractivity contribution in [3.63, 3.8) is 0 Å². The molecule has 0 spiro atoms. The lowest BCUT2D eigenvalue weighted by atomic mass is 10.2. The van der Waals surface area contributed by atoms with Crippen LogP contribution >= 0.6 is 11.3 Å². The number of nitro groups is 1. The first-order chi connectivity index (χ1) is 14.3. The third-order valence-corrected chi connectivity index (χ3v) is 5.27. The summed E-state index contributed by atoms with van der Waals surface area (Å²) < 4.78 is 39.7. The number of halogens is 3. The monoisotopic (exact) mass is 431 g/mol. The van der Waals surface area contributed by atoms with Gasteiger partial charge in [0.05, 0.1) is 10.3 Å². The number of nitrogens with zero attached hydrogens (tertiary/aromatic N) is 4. The molecular formula is C19H12F3N5O2S. The molecule has 30 heavy (non-hydrogen) atoms. The Kier molecular flexibility index (Phi) is 5.04. The van der Waals surface area contributed by atoms with Gasteiger partial charge in [-0.2, -0.15) is 13.2 Å². The molecule has 4 rings (SSSR count). The molecule has 0 unspecified atom stereocenters. The van der Waals surface area contributed by atoms with E-state index in [1.807, 2.05) is 0 Å². The highest BCUT2D eigenvalue weighted by Gasteiger charge is 2.33. The van der Waals surface area contributed by atoms with Crippen molar-refractivity contribution < 1.29 is 18.1 Å². The van der Waals surface area contributed by atoms with Crippen LogP contribution in [0.2, 0.25) is 0 Å². The predicted octanol–water partition coefficient (Wildman–Crippen LogP) is 5.29. The second-order valence-electron chi connectivity index (χ2n) is 6.24. The minimum absolute atomic E-state index is 0.0745. The van der Waals surface area contributed by atoms with E-state index in [1.54, 1.807) is 24.3 Å². The number of pyridine rings is 1. The van der Waals surface area contributed by atoms with Crippen LogP contribution in [0.1, 0.15) is 10.4 Å². The Hall–Kier alpha value is -3.60. The summed E-state index contributed by atoms with van der Waals surface area (Å²) in [6.07, 6.45) is -1.43. The van der Waals surface area contributed by atoms with Crippen molar-refractivity contribution in [1.29, 1.82) is 0 Å². The number of nitrogens with one attached hydrogen (secondary N) is 1. The van der Waals surface area contributed by atoms with E-state index in [0.717, 1.165) is 6.07 Å². The summed E-state index contributed by atoms with van der Waals surface area (Å²) in [5, 5.41) is 14.2. The minimum Gasteiger partial charge on any atom is -0.365 e. The van der Waals surface area contributed by atoms with Crippen LogP contribution in [-0.2, 0) is 12.7 Å². The molecule has 1 aromatic carbocycles. The van der Waals surface area contributed by atoms with Gasteiger partial charge in [-0.05, 0) is 23.8 Å². The van der Waals surface area contributed by atoms with Crippen molar-refractivity contribution in [2.45, 2.75) is 12.7 Å². The second kappa shape index (κ2) is 7.67. The van der Waals surface area contributed by atoms with E-state index in [9.17, 15) is 23.3 Å². The summed E-state index contributed by atoms with van der Waals surface area (Å²) in [4.78, 5) is 22.4. The van der Waals surface area contributed by atoms with Crippen LogP contribution in [0.5, 0.6) is 0 Å². The average molecular weight is 431 g/mol. The van der Waals surface area contributed by atoms with Crippen molar-refractivity contribution in [3.8, 4) is 11.4 Å². The van der Waals surface area contributed by atoms with E-state index < -0.39 is 16.0 Å². The van der Waals surface area contributed by atoms with Gasteiger partial charge in [0.1, 0.15) is 15.5 Å². The summed E-state index contributed by atoms with van der Waals surface area (Å²) in [7, 11) is 0. The lowest BCUT2D eigenvalue weighted by Gasteiger charge is -2.09. The molecule has 0 aliphatic carbocycles. The standard InChI is InChI=1S/C19H12F3N5O2S/c20-19(21,22)15-9-14-17(24-10-11-2-1-3-13(8-11)27(28)29)25-16(26-18(14)30-15)12-4-6-23-7-5-12/h1-9H,10H2,(H,24,25,26). The molecule has 152 valence electrons. The van der Waals surface area contributed by atoms with Gasteiger partial charge >= 0.3 is 6.18 Å². The number of benzene rings is 1. The molecule has 3 heterocycles. The number of thiophene rings is 1. The first-order valence-corrected chi connectivity index (χ1v) is 9.39. The van der Waals surface area contributed by atoms with Crippen LogP contribution in [0, 0.1) is 10.1 Å². The zero-order valence-electron chi connectivity index (χ0n) is 15.1. The van der Waals surface area contributed by atoms with Crippen LogP contribution in [0.15, 0.2) is 54.9 Å². The van der Waals surface area contributed by atoms with Crippen molar-refractivity contribution in [1.82, 2.24) is 15.0 Å². The first-order valence-electron chi connectivity index (χ1n) is 8.57. The molecule has 0 amide bonds. The zero-order chi connectivity index (χ0) is 21.3. The van der Waals surface area contributed by atoms with E-state index >= 15 is 0 Å². The van der Waals surface area contributed by atoms with Crippen molar-refractivity contribution >= 4 is 33.1 Å². The number of fused-ring (bicyclic) bond motifs is 1. The highest BCUT2D eigenvalue weighted by Crippen LogP contribution is 2.40. The van der Waals surface area contributed by atoms with E-state index in [0.29, 0.717) is 22.5 Å². The maximum Gasteiger partial charge on any atom is 0.425 e. The number of nitro benzene ring substituents is 1. The van der Waals surface area contributed by atoms with Crippen molar-refractivity contribution in [3.05, 3.63) is 75.4 Å². The molecular weight excluding hydrogens is 419 g/mol. The third-order valence-electron chi connectivity index (χ3n) is 4.19. The first kappa shape index (κ1) is 19.7. The van der Waals surface area contributed by atoms with Crippen molar-refractivity contribution in [2.75, 3.05) is 5.32 Å². The summed E-state index contributed by atoms with van der Waals surface area (Å²) in [6.45, 7) is 0.140. The Morgan fingerprint density at radius 1 is 1.10 bits per heavy atom. The molecule has 0 saturated heterocycles. The Balaban J connectivity index is 1.75. The number of alkyl halides is 3. The second-order valence-corrected chi connectivity index (χ2v) is 7.27. The Labute approximate surface area is 171 Å². The van der Waals surface area contributed by atoms with Crippen LogP contribution in [0.4, 0.5) is 24.7 Å². The number of hydrogen-bond acceptors (Lipinski definition) is 7. The number of anilines is 1. The van der Waals surface area contributed by atoms with Crippen LogP contribution in [0.25, 0.3) is 21.6 Å². The average Bonchev–Trinajstić information content (AvgIpc) is 3.18. The molecule has 0 saturated carbocycles. The summed E-state index contributed by atoms with van der Waals surface area (Å²) in [5.74, 6) is 0.465. The number of hydrogen-bond donors (Lipinski definition) is 1. The highest BCUT2D eigenvalue weighted by molar-refractivity contribution is 7.18. The largest absolute Gasteiger partial charge is 0.425 e. The minimum atomic E-state index is -4.50. The molecule has 0 radical (unpaired) electrons. The van der Waals surface area contributed by atoms with Crippen LogP contribution < -0.4 is 5.32 Å². The van der Waals surface area contributed by atoms with Gasteiger partial charge < -0.3 is 5.32 Å². The van der Waals surface area contributed by atoms with Gasteiger partial charge in [-0.25, -0.2) is 9.97 Å². The maximum atomic E-state index is 13.2. The fourth-order valence-electron chi connectivity index (χ4n) is 2.79. The SMILES string of the molecule is O=[N+]([O-])c1cccc(CNc2nc(-c3ccncc3)nc3sc(C(F)(F)F)cc23)c1. The zero-order valence-corrected chi connectivity index (χ0v) is 15.9. The fourth-order valence-corrected chi connectivity index (χ4v) is 3.69. The fraction of sp³-hybridized carbons (Fsp3) is 0.105. The summed E-state index contributed by atoms with van der Waals surface area (Å²) >= 11 is 0.534. The van der Waals surface area contributed by atoms with Crippen molar-refractivity contribution in [2.24, 2.45) is 0 Å². The molecule has 4 aromatic rings. The van der Waals surface area contributed by atoms with E-state index in [4.69, 9.17) is 0 Å². The molecule has 0 bridgehead atoms. The molecule has 11 heteroatoms. The van der Waals surface area contributed by atoms with Gasteiger partial charge in [0.15, 0.2) is 5.82 Å². The number of rotatable bonds is 5. The smallest absolute Gasteiger partial charge is 0.365 e. The topological polar surface area (TPSA) is 93.8 Å². The molecule has 0 aliphatic rings. The number of aromatic nitrogens is 3. The highest BCUT2D eigenvalue weighted by atomic mass is 32.1. The van der Waals surface area contributed by atoms with E-state index in [2.05, 4.69) is 20.3 Å². The van der Waals surface area contributed by atoms with Gasteiger partial charge in [-0.3, -0.25) is 15.1 Å². The van der Waals surface area contributed by atoms with Gasteiger partial charge in [0.2, 0.25) is 0 Å². The molecule has 0 fully saturated rings. The quantitative estimate of drug-likeness (QED) is 0.341. The predicted molar refractivity (Wildman–Crippen MR) is 106 cm³/mol. The lowest BCUT2D eigenvalue weighted by molar-refractivity contribution is -0.384. The van der Waals surface area contributed by atoms with Crippen LogP contribution in [0.3, 0.4) is 0 Å². The maximum absolute atomic E-state index is 13.2. The van der Waals surface area contributed by atoms with Gasteiger partial charge in [0.25, 0.3) is 5.69 Å². The molecule has 0 aliphatic heterocycles. The molecule has 1 N–H and O–H groups in total. The molecule has 7 nitrogen and oxygen atoms in total. The number of non-ortho nitro benzene ring substituents is 1. The van der Waals surface area contributed by atoms with Crippen LogP contribution in [-0.4, -0.2) is 19.9 Å². The van der Waals surface area contributed by atoms with Gasteiger partial charge in [-0.1, -0.05) is 12.1 Å². The van der Waals surface area contributed by atoms with Gasteiger partial charge in [0, 0.05) is 36.6 Å². The Morgan fingerprint density at radius 3 is 2.57 bits per heavy atom. The Morgan fingerprint density at radius 2 is 1.87 bits per heavy atom. The normalized spacial score (nSPS) is 11.6. The van der Waals surface area contributed by atoms with E-state index in [-0.39, 0.29) is 34.1 Å². The van der Waals surface area contributed by atoms with Gasteiger partial charge in [-0.15, -0.1) is 11.3 Å². The Bertz CT molecular complexity index is 1230. The third kappa shape index (κ3) is 4.06. The molecule has 3 aromatic heterocycles. The molecule has 0 atom stereocenters. The van der Waals surface area contributed by atoms with E-state index in [1.165, 1.54) is 24.5 Å².